The monoisotopic (exact) mass is 260 g/mol. The molecule has 1 fully saturated rings. The smallest absolute Gasteiger partial charge is 0.491 e. The molecule has 0 heterocycles. The zero-order valence-corrected chi connectivity index (χ0v) is 12.8. The maximum Gasteiger partial charge on any atom is 1.00 e. The number of sulfonamides is 1. The fourth-order valence-corrected chi connectivity index (χ4v) is 1.94. The van der Waals surface area contributed by atoms with E-state index in [4.69, 9.17) is 0 Å². The number of nitrogens with zero attached hydrogens (tertiary/aromatic N) is 2. The molecular formula is C11H13N2NaO2S. The molecule has 0 bridgehead atoms. The average Bonchev–Trinajstić information content (AvgIpc) is 3.02. The molecule has 0 N–H and O–H groups in total. The van der Waals surface area contributed by atoms with Crippen LogP contribution in [0.3, 0.4) is 0 Å². The van der Waals surface area contributed by atoms with Gasteiger partial charge in [0.25, 0.3) is 0 Å². The molecule has 86 valence electrons. The molecule has 1 aliphatic rings. The molecular weight excluding hydrogens is 247 g/mol. The summed E-state index contributed by atoms with van der Waals surface area (Å²) in [5.74, 6) is 0.428. The van der Waals surface area contributed by atoms with Crippen molar-refractivity contribution in [3.8, 4) is 0 Å². The van der Waals surface area contributed by atoms with Gasteiger partial charge in [-0.05, 0) is 44.0 Å². The van der Waals surface area contributed by atoms with Crippen LogP contribution >= 0.6 is 0 Å². The van der Waals surface area contributed by atoms with Gasteiger partial charge in [-0.1, -0.05) is 17.7 Å². The minimum atomic E-state index is -3.62. The average molecular weight is 260 g/mol. The fourth-order valence-electron chi connectivity index (χ4n) is 1.19. The Morgan fingerprint density at radius 2 is 1.88 bits per heavy atom. The first-order chi connectivity index (χ1) is 7.58. The number of aryl methyl sites for hydroxylation is 1. The zero-order chi connectivity index (χ0) is 11.6. The van der Waals surface area contributed by atoms with Crippen molar-refractivity contribution in [1.29, 1.82) is 0 Å². The van der Waals surface area contributed by atoms with Crippen LogP contribution in [0.4, 0.5) is 0 Å². The molecule has 0 saturated heterocycles. The van der Waals surface area contributed by atoms with E-state index in [1.807, 2.05) is 6.92 Å². The van der Waals surface area contributed by atoms with Gasteiger partial charge in [0.2, 0.25) is 0 Å². The molecule has 1 saturated carbocycles. The van der Waals surface area contributed by atoms with E-state index in [0.29, 0.717) is 5.92 Å². The van der Waals surface area contributed by atoms with Crippen molar-refractivity contribution in [2.24, 2.45) is 11.0 Å². The van der Waals surface area contributed by atoms with Crippen LogP contribution in [0.15, 0.2) is 34.3 Å². The summed E-state index contributed by atoms with van der Waals surface area (Å²) in [6.45, 7) is 1.90. The largest absolute Gasteiger partial charge is 1.00 e. The van der Waals surface area contributed by atoms with Gasteiger partial charge in [-0.25, -0.2) is 8.42 Å². The quantitative estimate of drug-likeness (QED) is 0.414. The van der Waals surface area contributed by atoms with Gasteiger partial charge in [-0.3, -0.25) is 0 Å². The second-order valence-electron chi connectivity index (χ2n) is 3.97. The van der Waals surface area contributed by atoms with Crippen LogP contribution in [-0.2, 0) is 10.0 Å². The van der Waals surface area contributed by atoms with Crippen molar-refractivity contribution in [1.82, 2.24) is 0 Å². The van der Waals surface area contributed by atoms with E-state index >= 15 is 0 Å². The molecule has 2 rings (SSSR count). The predicted molar refractivity (Wildman–Crippen MR) is 62.9 cm³/mol. The van der Waals surface area contributed by atoms with Crippen LogP contribution < -0.4 is 29.6 Å². The van der Waals surface area contributed by atoms with Gasteiger partial charge in [0, 0.05) is 0 Å². The first-order valence-electron chi connectivity index (χ1n) is 5.15. The Kier molecular flexibility index (Phi) is 5.19. The molecule has 1 aromatic rings. The van der Waals surface area contributed by atoms with Crippen LogP contribution in [0.5, 0.6) is 0 Å². The molecule has 4 nitrogen and oxygen atoms in total. The van der Waals surface area contributed by atoms with E-state index in [2.05, 4.69) is 9.93 Å². The Balaban J connectivity index is 0.00000144. The molecule has 1 aliphatic carbocycles. The summed E-state index contributed by atoms with van der Waals surface area (Å²) < 4.78 is 23.3. The second kappa shape index (κ2) is 6.00. The molecule has 0 spiro atoms. The van der Waals surface area contributed by atoms with Crippen molar-refractivity contribution in [3.05, 3.63) is 34.7 Å². The molecule has 0 radical (unpaired) electrons. The zero-order valence-electron chi connectivity index (χ0n) is 10.00. The summed E-state index contributed by atoms with van der Waals surface area (Å²) in [7, 11) is -3.62. The van der Waals surface area contributed by atoms with Gasteiger partial charge in [0.1, 0.15) is 10.0 Å². The summed E-state index contributed by atoms with van der Waals surface area (Å²) in [6, 6.07) is 6.57. The molecule has 0 aromatic heterocycles. The van der Waals surface area contributed by atoms with E-state index in [1.165, 1.54) is 0 Å². The topological polar surface area (TPSA) is 60.6 Å². The van der Waals surface area contributed by atoms with E-state index in [9.17, 15) is 8.42 Å². The number of benzene rings is 1. The van der Waals surface area contributed by atoms with E-state index < -0.39 is 10.0 Å². The van der Waals surface area contributed by atoms with Crippen molar-refractivity contribution in [3.63, 3.8) is 0 Å². The van der Waals surface area contributed by atoms with Crippen LogP contribution in [0.1, 0.15) is 18.4 Å². The summed E-state index contributed by atoms with van der Waals surface area (Å²) >= 11 is 0. The maximum atomic E-state index is 11.7. The van der Waals surface area contributed by atoms with Crippen molar-refractivity contribution in [2.45, 2.75) is 24.7 Å². The molecule has 17 heavy (non-hydrogen) atoms. The summed E-state index contributed by atoms with van der Waals surface area (Å²) in [4.78, 5) is 3.56. The number of rotatable bonds is 4. The minimum absolute atomic E-state index is 0. The third-order valence-corrected chi connectivity index (χ3v) is 3.55. The Bertz CT molecular complexity index is 493. The van der Waals surface area contributed by atoms with Crippen LogP contribution in [0.25, 0.3) is 4.83 Å². The molecule has 6 heteroatoms. The Morgan fingerprint density at radius 3 is 2.41 bits per heavy atom. The minimum Gasteiger partial charge on any atom is -0.491 e. The van der Waals surface area contributed by atoms with Crippen molar-refractivity contribution >= 4 is 16.2 Å². The molecule has 0 amide bonds. The van der Waals surface area contributed by atoms with Crippen LogP contribution in [0, 0.1) is 12.8 Å². The Labute approximate surface area is 124 Å². The Morgan fingerprint density at radius 1 is 1.29 bits per heavy atom. The predicted octanol–water partition coefficient (Wildman–Crippen LogP) is -0.543. The molecule has 0 atom stereocenters. The SMILES string of the molecule is Cc1ccc(S(=O)(=O)[N-]/N=C/C2CC2)cc1.[Na+]. The Hall–Kier alpha value is -0.360. The first kappa shape index (κ1) is 14.7. The van der Waals surface area contributed by atoms with Crippen LogP contribution in [0.2, 0.25) is 0 Å². The number of hydrogen-bond acceptors (Lipinski definition) is 3. The fraction of sp³-hybridized carbons (Fsp3) is 0.364. The third kappa shape index (κ3) is 4.43. The molecule has 0 unspecified atom stereocenters. The molecule has 0 aliphatic heterocycles. The second-order valence-corrected chi connectivity index (χ2v) is 5.56. The van der Waals surface area contributed by atoms with Crippen molar-refractivity contribution in [2.75, 3.05) is 0 Å². The standard InChI is InChI=1S/C11H13N2O2S.Na/c1-9-2-6-11(7-3-9)16(14,15)13-12-8-10-4-5-10;/h2-3,6-8,10H,4-5H2,1H3;/q-1;+1/b12-8+;. The van der Waals surface area contributed by atoms with Gasteiger partial charge >= 0.3 is 29.6 Å². The normalized spacial score (nSPS) is 15.6. The van der Waals surface area contributed by atoms with Crippen molar-refractivity contribution < 1.29 is 38.0 Å². The van der Waals surface area contributed by atoms with Crippen LogP contribution in [-0.4, -0.2) is 14.6 Å². The van der Waals surface area contributed by atoms with Gasteiger partial charge in [0.15, 0.2) is 0 Å². The summed E-state index contributed by atoms with van der Waals surface area (Å²) in [5.41, 5.74) is 1.01. The summed E-state index contributed by atoms with van der Waals surface area (Å²) in [6.07, 6.45) is 3.78. The summed E-state index contributed by atoms with van der Waals surface area (Å²) in [5, 5.41) is 3.62. The van der Waals surface area contributed by atoms with Gasteiger partial charge in [0.05, 0.1) is 4.90 Å². The van der Waals surface area contributed by atoms with Gasteiger partial charge < -0.3 is 9.93 Å². The maximum absolute atomic E-state index is 11.7. The van der Waals surface area contributed by atoms with E-state index in [0.717, 1.165) is 18.4 Å². The molecule has 1 aromatic carbocycles. The van der Waals surface area contributed by atoms with Gasteiger partial charge in [-0.15, -0.1) is 0 Å². The number of hydrogen-bond donors (Lipinski definition) is 0. The van der Waals surface area contributed by atoms with Gasteiger partial charge in [-0.2, -0.15) is 0 Å². The first-order valence-corrected chi connectivity index (χ1v) is 6.59. The third-order valence-electron chi connectivity index (χ3n) is 2.37. The van der Waals surface area contributed by atoms with E-state index in [1.54, 1.807) is 30.5 Å². The van der Waals surface area contributed by atoms with E-state index in [-0.39, 0.29) is 34.5 Å².